The highest BCUT2D eigenvalue weighted by atomic mass is 32.2. The van der Waals surface area contributed by atoms with Gasteiger partial charge < -0.3 is 9.84 Å². The molecule has 11 heteroatoms. The third-order valence-corrected chi connectivity index (χ3v) is 11.4. The number of rotatable bonds is 4. The molecule has 0 aliphatic heterocycles. The molecule has 3 saturated carbocycles. The highest BCUT2D eigenvalue weighted by molar-refractivity contribution is 8.13. The van der Waals surface area contributed by atoms with Crippen molar-refractivity contribution < 1.29 is 37.4 Å². The molecule has 1 aromatic heterocycles. The van der Waals surface area contributed by atoms with Crippen LogP contribution in [0.4, 0.5) is 13.2 Å². The molecule has 3 fully saturated rings. The summed E-state index contributed by atoms with van der Waals surface area (Å²) in [5.74, 6) is -3.63. The molecule has 0 saturated heterocycles. The van der Waals surface area contributed by atoms with E-state index >= 15 is 8.78 Å². The maximum atomic E-state index is 17.4. The summed E-state index contributed by atoms with van der Waals surface area (Å²) in [6.45, 7) is 6.48. The van der Waals surface area contributed by atoms with Crippen molar-refractivity contribution in [2.75, 3.05) is 6.01 Å². The molecular weight excluding hydrogens is 539 g/mol. The second-order valence-corrected chi connectivity index (χ2v) is 13.2. The first-order chi connectivity index (χ1) is 17.8. The predicted octanol–water partition coefficient (Wildman–Crippen LogP) is 5.10. The van der Waals surface area contributed by atoms with E-state index in [0.29, 0.717) is 17.5 Å². The minimum atomic E-state index is -2.34. The topological polar surface area (TPSA) is 93.6 Å². The normalized spacial score (nSPS) is 43.6. The number of ketones is 1. The fourth-order valence-electron chi connectivity index (χ4n) is 8.06. The van der Waals surface area contributed by atoms with E-state index in [2.05, 4.69) is 4.98 Å². The summed E-state index contributed by atoms with van der Waals surface area (Å²) in [6.07, 6.45) is -0.0246. The first kappa shape index (κ1) is 27.6. The van der Waals surface area contributed by atoms with Gasteiger partial charge in [-0.25, -0.2) is 22.9 Å². The number of fused-ring (bicyclic) bond motifs is 5. The molecule has 1 unspecified atom stereocenters. The Kier molecular flexibility index (Phi) is 6.55. The van der Waals surface area contributed by atoms with Crippen LogP contribution in [0, 0.1) is 35.5 Å². The smallest absolute Gasteiger partial charge is 0.351 e. The van der Waals surface area contributed by atoms with Crippen LogP contribution < -0.4 is 0 Å². The number of ether oxygens (including phenoxy) is 1. The van der Waals surface area contributed by atoms with Crippen LogP contribution in [0.15, 0.2) is 29.3 Å². The van der Waals surface area contributed by atoms with Crippen molar-refractivity contribution >= 4 is 40.0 Å². The number of aromatic nitrogens is 1. The van der Waals surface area contributed by atoms with E-state index < -0.39 is 75.0 Å². The fourth-order valence-corrected chi connectivity index (χ4v) is 9.53. The summed E-state index contributed by atoms with van der Waals surface area (Å²) in [5, 5.41) is 10.8. The summed E-state index contributed by atoms with van der Waals surface area (Å²) < 4.78 is 52.7. The standard InChI is InChI=1S/C27H30F3NO5S2/c1-13-7-16-17-9-19(29)18-8-15(32)5-6-24(18,3)26(17,30)20(33)10-25(16,4)27(13,23(35)37-11-28)36-22(34)21-14(2)31-12-38-21/h5-6,8,12-13,16-17,19-20,33H,7,9-11H2,1-4H3/t13-,16+,17+,19+,20?,24+,25+,26+,27+/m1/s1. The van der Waals surface area contributed by atoms with E-state index in [0.717, 1.165) is 17.4 Å². The lowest BCUT2D eigenvalue weighted by atomic mass is 9.44. The molecule has 0 bridgehead atoms. The number of aryl methyl sites for hydroxylation is 1. The maximum Gasteiger partial charge on any atom is 0.351 e. The summed E-state index contributed by atoms with van der Waals surface area (Å²) >= 11 is 1.42. The average molecular weight is 570 g/mol. The number of nitrogens with zero attached hydrogens (tertiary/aromatic N) is 1. The summed E-state index contributed by atoms with van der Waals surface area (Å²) in [7, 11) is 0. The lowest BCUT2D eigenvalue weighted by Crippen LogP contribution is -2.70. The number of esters is 1. The molecule has 9 atom stereocenters. The van der Waals surface area contributed by atoms with Gasteiger partial charge in [0.2, 0.25) is 5.12 Å². The molecule has 206 valence electrons. The van der Waals surface area contributed by atoms with Crippen LogP contribution in [0.3, 0.4) is 0 Å². The third kappa shape index (κ3) is 3.36. The Morgan fingerprint density at radius 3 is 2.63 bits per heavy atom. The van der Waals surface area contributed by atoms with E-state index in [1.807, 2.05) is 0 Å². The number of allylic oxidation sites excluding steroid dienone is 4. The van der Waals surface area contributed by atoms with Gasteiger partial charge in [0, 0.05) is 22.7 Å². The molecule has 0 spiro atoms. The molecule has 5 rings (SSSR count). The number of thioether (sulfide) groups is 1. The average Bonchev–Trinajstić information content (AvgIpc) is 3.37. The summed E-state index contributed by atoms with van der Waals surface area (Å²) in [5.41, 5.74) is -5.23. The van der Waals surface area contributed by atoms with Gasteiger partial charge in [-0.1, -0.05) is 19.9 Å². The number of hydrogen-bond acceptors (Lipinski definition) is 8. The number of aliphatic hydroxyl groups excluding tert-OH is 1. The van der Waals surface area contributed by atoms with E-state index in [-0.39, 0.29) is 29.7 Å². The van der Waals surface area contributed by atoms with Crippen molar-refractivity contribution in [3.63, 3.8) is 0 Å². The van der Waals surface area contributed by atoms with Gasteiger partial charge >= 0.3 is 5.97 Å². The molecule has 0 aromatic carbocycles. The van der Waals surface area contributed by atoms with Crippen LogP contribution in [0.1, 0.15) is 55.4 Å². The lowest BCUT2D eigenvalue weighted by Gasteiger charge is -2.63. The van der Waals surface area contributed by atoms with E-state index in [1.54, 1.807) is 20.8 Å². The largest absolute Gasteiger partial charge is 0.445 e. The first-order valence-corrected chi connectivity index (χ1v) is 14.5. The van der Waals surface area contributed by atoms with Crippen molar-refractivity contribution in [2.45, 2.75) is 70.5 Å². The molecule has 1 aromatic rings. The van der Waals surface area contributed by atoms with Crippen LogP contribution >= 0.6 is 23.1 Å². The van der Waals surface area contributed by atoms with E-state index in [1.165, 1.54) is 24.6 Å². The molecule has 6 nitrogen and oxygen atoms in total. The zero-order valence-electron chi connectivity index (χ0n) is 21.5. The molecule has 38 heavy (non-hydrogen) atoms. The molecule has 1 heterocycles. The lowest BCUT2D eigenvalue weighted by molar-refractivity contribution is -0.221. The second kappa shape index (κ2) is 9.02. The summed E-state index contributed by atoms with van der Waals surface area (Å²) in [4.78, 5) is 43.3. The number of carbonyl (C=O) groups is 3. The van der Waals surface area contributed by atoms with Gasteiger partial charge in [-0.15, -0.1) is 11.3 Å². The molecule has 4 aliphatic carbocycles. The van der Waals surface area contributed by atoms with E-state index in [4.69, 9.17) is 4.74 Å². The molecule has 1 N–H and O–H groups in total. The predicted molar refractivity (Wildman–Crippen MR) is 137 cm³/mol. The molecule has 0 amide bonds. The Morgan fingerprint density at radius 1 is 1.29 bits per heavy atom. The number of halogens is 3. The zero-order valence-corrected chi connectivity index (χ0v) is 23.1. The Balaban J connectivity index is 1.64. The minimum Gasteiger partial charge on any atom is -0.445 e. The number of thiazole rings is 1. The number of carbonyl (C=O) groups excluding carboxylic acids is 3. The van der Waals surface area contributed by atoms with Gasteiger partial charge in [0.1, 0.15) is 17.1 Å². The number of alkyl halides is 3. The van der Waals surface area contributed by atoms with Crippen molar-refractivity contribution in [1.82, 2.24) is 4.98 Å². The van der Waals surface area contributed by atoms with Gasteiger partial charge in [0.15, 0.2) is 17.1 Å². The third-order valence-electron chi connectivity index (χ3n) is 9.84. The maximum absolute atomic E-state index is 17.4. The Labute approximate surface area is 227 Å². The van der Waals surface area contributed by atoms with Crippen molar-refractivity contribution in [1.29, 1.82) is 0 Å². The summed E-state index contributed by atoms with van der Waals surface area (Å²) in [6, 6.07) is -1.05. The van der Waals surface area contributed by atoms with Crippen molar-refractivity contribution in [2.24, 2.45) is 28.6 Å². The minimum absolute atomic E-state index is 0.000119. The van der Waals surface area contributed by atoms with Gasteiger partial charge in [0.25, 0.3) is 0 Å². The van der Waals surface area contributed by atoms with Crippen LogP contribution in [-0.4, -0.2) is 56.5 Å². The highest BCUT2D eigenvalue weighted by Gasteiger charge is 2.78. The SMILES string of the molecule is Cc1ncsc1C(=O)O[C@]1(C(=O)SCF)[C@H](C)C[C@H]2[C@@H]3C[C@H](F)C4=CC(=O)C=C[C@]4(C)[C@@]3(F)C(O)C[C@@]21C. The molecular formula is C27H30F3NO5S2. The molecule has 0 radical (unpaired) electrons. The van der Waals surface area contributed by atoms with Crippen LogP contribution in [0.5, 0.6) is 0 Å². The Hall–Kier alpha value is -1.98. The zero-order chi connectivity index (χ0) is 27.8. The van der Waals surface area contributed by atoms with Crippen molar-refractivity contribution in [3.8, 4) is 0 Å². The van der Waals surface area contributed by atoms with Crippen molar-refractivity contribution in [3.05, 3.63) is 39.9 Å². The van der Waals surface area contributed by atoms with E-state index in [9.17, 15) is 23.9 Å². The molecule has 4 aliphatic rings. The Bertz CT molecular complexity index is 1270. The highest BCUT2D eigenvalue weighted by Crippen LogP contribution is 2.72. The fraction of sp³-hybridized carbons (Fsp3) is 0.630. The van der Waals surface area contributed by atoms with Crippen LogP contribution in [0.25, 0.3) is 0 Å². The van der Waals surface area contributed by atoms with Gasteiger partial charge in [-0.05, 0) is 68.5 Å². The van der Waals surface area contributed by atoms with Gasteiger partial charge in [-0.3, -0.25) is 9.59 Å². The number of aliphatic hydroxyl groups is 1. The first-order valence-electron chi connectivity index (χ1n) is 12.6. The van der Waals surface area contributed by atoms with Crippen LogP contribution in [0.2, 0.25) is 0 Å². The monoisotopic (exact) mass is 569 g/mol. The Morgan fingerprint density at radius 2 is 2.00 bits per heavy atom. The van der Waals surface area contributed by atoms with Gasteiger partial charge in [-0.2, -0.15) is 0 Å². The van der Waals surface area contributed by atoms with Crippen LogP contribution in [-0.2, 0) is 14.3 Å². The number of hydrogen-bond donors (Lipinski definition) is 1. The second-order valence-electron chi connectivity index (χ2n) is 11.4. The van der Waals surface area contributed by atoms with Gasteiger partial charge in [0.05, 0.1) is 17.3 Å². The quantitative estimate of drug-likeness (QED) is 0.505.